The van der Waals surface area contributed by atoms with E-state index in [1.54, 1.807) is 12.1 Å². The summed E-state index contributed by atoms with van der Waals surface area (Å²) in [6.45, 7) is 0. The van der Waals surface area contributed by atoms with Crippen molar-refractivity contribution in [1.29, 1.82) is 0 Å². The highest BCUT2D eigenvalue weighted by Gasteiger charge is 2.22. The molecule has 1 rings (SSSR count). The van der Waals surface area contributed by atoms with E-state index in [4.69, 9.17) is 14.6 Å². The van der Waals surface area contributed by atoms with E-state index in [-0.39, 0.29) is 6.42 Å². The van der Waals surface area contributed by atoms with Crippen molar-refractivity contribution in [3.8, 4) is 0 Å². The van der Waals surface area contributed by atoms with Gasteiger partial charge >= 0.3 is 11.9 Å². The van der Waals surface area contributed by atoms with E-state index in [0.717, 1.165) is 0 Å². The summed E-state index contributed by atoms with van der Waals surface area (Å²) >= 11 is 0. The third-order valence-corrected chi connectivity index (χ3v) is 1.80. The first kappa shape index (κ1) is 10.3. The summed E-state index contributed by atoms with van der Waals surface area (Å²) in [4.78, 5) is 21.0. The first-order valence-corrected chi connectivity index (χ1v) is 4.06. The molecule has 0 saturated carbocycles. The smallest absolute Gasteiger partial charge is 0.307 e. The van der Waals surface area contributed by atoms with Crippen LogP contribution in [0.5, 0.6) is 0 Å². The van der Waals surface area contributed by atoms with Gasteiger partial charge in [-0.1, -0.05) is 0 Å². The Balaban J connectivity index is 2.60. The van der Waals surface area contributed by atoms with Crippen molar-refractivity contribution >= 4 is 11.9 Å². The molecule has 76 valence electrons. The number of rotatable bonds is 5. The Hall–Kier alpha value is -1.78. The highest BCUT2D eigenvalue weighted by atomic mass is 16.4. The normalized spacial score (nSPS) is 12.3. The average molecular weight is 198 g/mol. The Morgan fingerprint density at radius 3 is 2.57 bits per heavy atom. The van der Waals surface area contributed by atoms with Gasteiger partial charge in [-0.3, -0.25) is 9.59 Å². The molecule has 0 radical (unpaired) electrons. The number of hydrogen-bond acceptors (Lipinski definition) is 3. The van der Waals surface area contributed by atoms with Crippen LogP contribution in [0.3, 0.4) is 0 Å². The maximum absolute atomic E-state index is 10.7. The Kier molecular flexibility index (Phi) is 3.28. The summed E-state index contributed by atoms with van der Waals surface area (Å²) in [7, 11) is 0. The van der Waals surface area contributed by atoms with Crippen molar-refractivity contribution in [2.24, 2.45) is 5.92 Å². The van der Waals surface area contributed by atoms with Gasteiger partial charge in [0.2, 0.25) is 0 Å². The van der Waals surface area contributed by atoms with Crippen molar-refractivity contribution in [3.05, 3.63) is 24.2 Å². The van der Waals surface area contributed by atoms with Gasteiger partial charge in [-0.2, -0.15) is 0 Å². The van der Waals surface area contributed by atoms with Crippen molar-refractivity contribution < 1.29 is 24.2 Å². The molecule has 0 aliphatic rings. The summed E-state index contributed by atoms with van der Waals surface area (Å²) in [6, 6.07) is 3.26. The molecule has 1 unspecified atom stereocenters. The highest BCUT2D eigenvalue weighted by molar-refractivity contribution is 5.77. The fourth-order valence-electron chi connectivity index (χ4n) is 1.13. The predicted molar refractivity (Wildman–Crippen MR) is 45.8 cm³/mol. The van der Waals surface area contributed by atoms with Crippen LogP contribution >= 0.6 is 0 Å². The lowest BCUT2D eigenvalue weighted by Gasteiger charge is -2.06. The van der Waals surface area contributed by atoms with Crippen LogP contribution in [-0.4, -0.2) is 22.2 Å². The van der Waals surface area contributed by atoms with Gasteiger partial charge in [-0.05, 0) is 12.1 Å². The van der Waals surface area contributed by atoms with E-state index in [9.17, 15) is 9.59 Å². The molecule has 0 spiro atoms. The van der Waals surface area contributed by atoms with Crippen LogP contribution in [0.15, 0.2) is 22.8 Å². The van der Waals surface area contributed by atoms with Crippen molar-refractivity contribution in [1.82, 2.24) is 0 Å². The molecule has 1 heterocycles. The minimum absolute atomic E-state index is 0.106. The fourth-order valence-corrected chi connectivity index (χ4v) is 1.13. The Morgan fingerprint density at radius 2 is 2.14 bits per heavy atom. The molecule has 5 heteroatoms. The number of carboxylic acid groups (broad SMARTS) is 2. The second kappa shape index (κ2) is 4.45. The third-order valence-electron chi connectivity index (χ3n) is 1.80. The minimum atomic E-state index is -1.12. The number of furan rings is 1. The van der Waals surface area contributed by atoms with E-state index in [2.05, 4.69) is 0 Å². The lowest BCUT2D eigenvalue weighted by Crippen LogP contribution is -2.19. The molecule has 2 N–H and O–H groups in total. The number of carbonyl (C=O) groups is 2. The zero-order chi connectivity index (χ0) is 10.6. The highest BCUT2D eigenvalue weighted by Crippen LogP contribution is 2.13. The minimum Gasteiger partial charge on any atom is -0.481 e. The molecule has 0 saturated heterocycles. The van der Waals surface area contributed by atoms with Crippen LogP contribution < -0.4 is 0 Å². The lowest BCUT2D eigenvalue weighted by molar-refractivity contribution is -0.148. The molecular weight excluding hydrogens is 188 g/mol. The van der Waals surface area contributed by atoms with Gasteiger partial charge < -0.3 is 14.6 Å². The van der Waals surface area contributed by atoms with Crippen LogP contribution in [0.25, 0.3) is 0 Å². The number of carboxylic acids is 2. The van der Waals surface area contributed by atoms with Gasteiger partial charge in [0.05, 0.1) is 18.6 Å². The predicted octanol–water partition coefficient (Wildman–Crippen LogP) is 0.998. The summed E-state index contributed by atoms with van der Waals surface area (Å²) < 4.78 is 4.94. The first-order valence-electron chi connectivity index (χ1n) is 4.06. The van der Waals surface area contributed by atoms with Crippen LogP contribution in [0, 0.1) is 5.92 Å². The quantitative estimate of drug-likeness (QED) is 0.736. The number of hydrogen-bond donors (Lipinski definition) is 2. The molecule has 0 aromatic carbocycles. The summed E-state index contributed by atoms with van der Waals surface area (Å²) in [5.41, 5.74) is 0. The second-order valence-corrected chi connectivity index (χ2v) is 2.92. The van der Waals surface area contributed by atoms with Crippen molar-refractivity contribution in [2.45, 2.75) is 12.8 Å². The van der Waals surface area contributed by atoms with Crippen LogP contribution in [0.2, 0.25) is 0 Å². The molecule has 0 aliphatic carbocycles. The molecule has 1 aromatic heterocycles. The van der Waals surface area contributed by atoms with Gasteiger partial charge in [0.25, 0.3) is 0 Å². The second-order valence-electron chi connectivity index (χ2n) is 2.92. The molecule has 0 amide bonds. The van der Waals surface area contributed by atoms with Gasteiger partial charge in [0.1, 0.15) is 5.76 Å². The molecule has 0 bridgehead atoms. The molecular formula is C9H10O5. The topological polar surface area (TPSA) is 87.7 Å². The molecule has 14 heavy (non-hydrogen) atoms. The molecule has 0 aliphatic heterocycles. The van der Waals surface area contributed by atoms with E-state index in [0.29, 0.717) is 5.76 Å². The maximum Gasteiger partial charge on any atom is 0.307 e. The summed E-state index contributed by atoms with van der Waals surface area (Å²) in [6.07, 6.45) is 1.14. The van der Waals surface area contributed by atoms with E-state index >= 15 is 0 Å². The fraction of sp³-hybridized carbons (Fsp3) is 0.333. The van der Waals surface area contributed by atoms with E-state index in [1.165, 1.54) is 6.26 Å². The zero-order valence-electron chi connectivity index (χ0n) is 7.34. The van der Waals surface area contributed by atoms with Crippen molar-refractivity contribution in [3.63, 3.8) is 0 Å². The summed E-state index contributed by atoms with van der Waals surface area (Å²) in [5, 5.41) is 17.2. The first-order chi connectivity index (χ1) is 6.59. The van der Waals surface area contributed by atoms with Gasteiger partial charge in [-0.25, -0.2) is 0 Å². The lowest BCUT2D eigenvalue weighted by atomic mass is 10.0. The molecule has 0 fully saturated rings. The Morgan fingerprint density at radius 1 is 1.43 bits per heavy atom. The summed E-state index contributed by atoms with van der Waals surface area (Å²) in [5.74, 6) is -2.69. The van der Waals surface area contributed by atoms with Gasteiger partial charge in [0.15, 0.2) is 0 Å². The van der Waals surface area contributed by atoms with Crippen LogP contribution in [-0.2, 0) is 16.0 Å². The monoisotopic (exact) mass is 198 g/mol. The molecule has 1 atom stereocenters. The van der Waals surface area contributed by atoms with Gasteiger partial charge in [-0.15, -0.1) is 0 Å². The van der Waals surface area contributed by atoms with Gasteiger partial charge in [0, 0.05) is 6.42 Å². The maximum atomic E-state index is 10.7. The molecule has 5 nitrogen and oxygen atoms in total. The Labute approximate surface area is 80.0 Å². The third kappa shape index (κ3) is 2.93. The van der Waals surface area contributed by atoms with Crippen LogP contribution in [0.4, 0.5) is 0 Å². The zero-order valence-corrected chi connectivity index (χ0v) is 7.34. The standard InChI is InChI=1S/C9H10O5/c10-8(11)5-6(9(12)13)4-7-2-1-3-14-7/h1-3,6H,4-5H2,(H,10,11)(H,12,13). The van der Waals surface area contributed by atoms with Crippen molar-refractivity contribution in [2.75, 3.05) is 0 Å². The molecule has 1 aromatic rings. The largest absolute Gasteiger partial charge is 0.481 e. The van der Waals surface area contributed by atoms with Crippen LogP contribution in [0.1, 0.15) is 12.2 Å². The van der Waals surface area contributed by atoms with E-state index < -0.39 is 24.3 Å². The number of aliphatic carboxylic acids is 2. The Bertz CT molecular complexity index is 314. The average Bonchev–Trinajstić information content (AvgIpc) is 2.54. The SMILES string of the molecule is O=C(O)CC(Cc1ccco1)C(=O)O. The van der Waals surface area contributed by atoms with E-state index in [1.807, 2.05) is 0 Å².